The summed E-state index contributed by atoms with van der Waals surface area (Å²) in [5.41, 5.74) is 0. The Labute approximate surface area is 158 Å². The second-order valence-corrected chi connectivity index (χ2v) is 9.59. The van der Waals surface area contributed by atoms with E-state index in [4.69, 9.17) is 4.74 Å². The zero-order valence-electron chi connectivity index (χ0n) is 15.8. The summed E-state index contributed by atoms with van der Waals surface area (Å²) in [4.78, 5) is 0.364. The Balaban J connectivity index is 1.44. The molecule has 0 aliphatic carbocycles. The van der Waals surface area contributed by atoms with Gasteiger partial charge in [0.25, 0.3) is 0 Å². The number of piperidine rings is 2. The second-order valence-electron chi connectivity index (χ2n) is 7.65. The Morgan fingerprint density at radius 2 is 1.58 bits per heavy atom. The van der Waals surface area contributed by atoms with Gasteiger partial charge in [0.1, 0.15) is 5.75 Å². The van der Waals surface area contributed by atoms with E-state index < -0.39 is 10.0 Å². The Morgan fingerprint density at radius 1 is 1.00 bits per heavy atom. The first-order valence-corrected chi connectivity index (χ1v) is 11.4. The van der Waals surface area contributed by atoms with Crippen molar-refractivity contribution in [2.75, 3.05) is 33.3 Å². The van der Waals surface area contributed by atoms with Crippen LogP contribution in [0.4, 0.5) is 0 Å². The lowest BCUT2D eigenvalue weighted by atomic mass is 9.87. The second kappa shape index (κ2) is 9.20. The van der Waals surface area contributed by atoms with Crippen LogP contribution in [0.15, 0.2) is 29.2 Å². The number of sulfonamides is 1. The van der Waals surface area contributed by atoms with Crippen molar-refractivity contribution in [3.05, 3.63) is 24.3 Å². The normalized spacial score (nSPS) is 21.0. The van der Waals surface area contributed by atoms with Crippen LogP contribution in [0.3, 0.4) is 0 Å². The van der Waals surface area contributed by atoms with E-state index in [9.17, 15) is 8.42 Å². The van der Waals surface area contributed by atoms with Crippen LogP contribution in [0, 0.1) is 11.8 Å². The van der Waals surface area contributed by atoms with Crippen molar-refractivity contribution >= 4 is 10.0 Å². The molecule has 2 aliphatic rings. The quantitative estimate of drug-likeness (QED) is 0.789. The predicted octanol–water partition coefficient (Wildman–Crippen LogP) is 3.27. The van der Waals surface area contributed by atoms with Crippen LogP contribution in [0.5, 0.6) is 5.75 Å². The summed E-state index contributed by atoms with van der Waals surface area (Å²) in [5.74, 6) is 2.25. The molecule has 0 saturated carbocycles. The van der Waals surface area contributed by atoms with Gasteiger partial charge in [-0.1, -0.05) is 19.3 Å². The summed E-state index contributed by atoms with van der Waals surface area (Å²) in [6.07, 6.45) is 8.49. The Bertz CT molecular complexity index is 646. The maximum absolute atomic E-state index is 12.8. The summed E-state index contributed by atoms with van der Waals surface area (Å²) < 4.78 is 32.3. The molecule has 2 heterocycles. The third-order valence-electron chi connectivity index (χ3n) is 5.95. The highest BCUT2D eigenvalue weighted by atomic mass is 32.2. The zero-order chi connectivity index (χ0) is 18.4. The molecule has 0 aromatic heterocycles. The summed E-state index contributed by atoms with van der Waals surface area (Å²) in [6, 6.07) is 6.69. The van der Waals surface area contributed by atoms with Gasteiger partial charge in [0.05, 0.1) is 12.0 Å². The lowest BCUT2D eigenvalue weighted by Crippen LogP contribution is -2.38. The highest BCUT2D eigenvalue weighted by Gasteiger charge is 2.29. The fourth-order valence-corrected chi connectivity index (χ4v) is 5.67. The van der Waals surface area contributed by atoms with Crippen LogP contribution in [0.2, 0.25) is 0 Å². The Morgan fingerprint density at radius 3 is 2.15 bits per heavy atom. The fourth-order valence-electron chi connectivity index (χ4n) is 4.20. The SMILES string of the molecule is COc1ccc(S(=O)(=O)N2CCC(CCCC3CCNCC3)CC2)cc1. The van der Waals surface area contributed by atoms with Gasteiger partial charge in [-0.15, -0.1) is 0 Å². The van der Waals surface area contributed by atoms with Gasteiger partial charge in [0, 0.05) is 13.1 Å². The van der Waals surface area contributed by atoms with Crippen LogP contribution in [0.1, 0.15) is 44.9 Å². The standard InChI is InChI=1S/C20H32N2O3S/c1-25-19-5-7-20(8-6-19)26(23,24)22-15-11-18(12-16-22)4-2-3-17-9-13-21-14-10-17/h5-8,17-18,21H,2-4,9-16H2,1H3. The molecule has 0 amide bonds. The van der Waals surface area contributed by atoms with Gasteiger partial charge in [-0.2, -0.15) is 4.31 Å². The molecule has 2 aliphatic heterocycles. The summed E-state index contributed by atoms with van der Waals surface area (Å²) >= 11 is 0. The minimum atomic E-state index is -3.38. The molecular formula is C20H32N2O3S. The minimum Gasteiger partial charge on any atom is -0.497 e. The van der Waals surface area contributed by atoms with Crippen molar-refractivity contribution in [3.8, 4) is 5.75 Å². The molecule has 0 atom stereocenters. The van der Waals surface area contributed by atoms with Gasteiger partial charge in [-0.05, 0) is 74.9 Å². The first kappa shape index (κ1) is 19.6. The van der Waals surface area contributed by atoms with E-state index in [0.29, 0.717) is 29.7 Å². The summed E-state index contributed by atoms with van der Waals surface area (Å²) in [7, 11) is -1.79. The van der Waals surface area contributed by atoms with E-state index in [-0.39, 0.29) is 0 Å². The summed E-state index contributed by atoms with van der Waals surface area (Å²) in [6.45, 7) is 3.64. The van der Waals surface area contributed by atoms with E-state index in [1.807, 2.05) is 0 Å². The molecule has 0 radical (unpaired) electrons. The van der Waals surface area contributed by atoms with Crippen molar-refractivity contribution in [3.63, 3.8) is 0 Å². The lowest BCUT2D eigenvalue weighted by molar-refractivity contribution is 0.250. The van der Waals surface area contributed by atoms with Gasteiger partial charge < -0.3 is 10.1 Å². The molecule has 26 heavy (non-hydrogen) atoms. The third-order valence-corrected chi connectivity index (χ3v) is 7.87. The van der Waals surface area contributed by atoms with Gasteiger partial charge >= 0.3 is 0 Å². The van der Waals surface area contributed by atoms with E-state index in [0.717, 1.165) is 18.8 Å². The minimum absolute atomic E-state index is 0.364. The molecule has 0 spiro atoms. The number of methoxy groups -OCH3 is 1. The smallest absolute Gasteiger partial charge is 0.243 e. The lowest BCUT2D eigenvalue weighted by Gasteiger charge is -2.31. The van der Waals surface area contributed by atoms with Crippen molar-refractivity contribution in [2.45, 2.75) is 49.8 Å². The molecule has 5 nitrogen and oxygen atoms in total. The molecule has 0 bridgehead atoms. The molecule has 3 rings (SSSR count). The Kier molecular flexibility index (Phi) is 6.95. The largest absolute Gasteiger partial charge is 0.497 e. The van der Waals surface area contributed by atoms with Crippen LogP contribution in [-0.4, -0.2) is 46.0 Å². The number of benzene rings is 1. The average Bonchev–Trinajstić information content (AvgIpc) is 2.69. The average molecular weight is 381 g/mol. The maximum Gasteiger partial charge on any atom is 0.243 e. The van der Waals surface area contributed by atoms with Crippen LogP contribution in [-0.2, 0) is 10.0 Å². The molecule has 1 aromatic rings. The van der Waals surface area contributed by atoms with Crippen molar-refractivity contribution in [2.24, 2.45) is 11.8 Å². The summed E-state index contributed by atoms with van der Waals surface area (Å²) in [5, 5.41) is 3.42. The number of nitrogens with zero attached hydrogens (tertiary/aromatic N) is 1. The number of hydrogen-bond donors (Lipinski definition) is 1. The zero-order valence-corrected chi connectivity index (χ0v) is 16.6. The highest BCUT2D eigenvalue weighted by molar-refractivity contribution is 7.89. The van der Waals surface area contributed by atoms with Gasteiger partial charge in [0.2, 0.25) is 10.0 Å². The number of hydrogen-bond acceptors (Lipinski definition) is 4. The molecule has 146 valence electrons. The van der Waals surface area contributed by atoms with E-state index in [2.05, 4.69) is 5.32 Å². The fraction of sp³-hybridized carbons (Fsp3) is 0.700. The number of rotatable bonds is 7. The van der Waals surface area contributed by atoms with Crippen molar-refractivity contribution in [1.29, 1.82) is 0 Å². The van der Waals surface area contributed by atoms with E-state index >= 15 is 0 Å². The van der Waals surface area contributed by atoms with Crippen LogP contribution >= 0.6 is 0 Å². The first-order chi connectivity index (χ1) is 12.6. The van der Waals surface area contributed by atoms with E-state index in [1.54, 1.807) is 35.7 Å². The van der Waals surface area contributed by atoms with Crippen LogP contribution in [0.25, 0.3) is 0 Å². The molecule has 1 N–H and O–H groups in total. The van der Waals surface area contributed by atoms with Crippen LogP contribution < -0.4 is 10.1 Å². The molecule has 6 heteroatoms. The number of nitrogens with one attached hydrogen (secondary N) is 1. The molecule has 1 aromatic carbocycles. The molecule has 0 unspecified atom stereocenters. The maximum atomic E-state index is 12.8. The van der Waals surface area contributed by atoms with E-state index in [1.165, 1.54) is 45.2 Å². The predicted molar refractivity (Wildman–Crippen MR) is 104 cm³/mol. The van der Waals surface area contributed by atoms with Crippen molar-refractivity contribution < 1.29 is 13.2 Å². The Hall–Kier alpha value is -1.11. The van der Waals surface area contributed by atoms with Crippen molar-refractivity contribution in [1.82, 2.24) is 9.62 Å². The molecule has 2 saturated heterocycles. The third kappa shape index (κ3) is 4.99. The van der Waals surface area contributed by atoms with Gasteiger partial charge in [-0.25, -0.2) is 8.42 Å². The van der Waals surface area contributed by atoms with Gasteiger partial charge in [-0.3, -0.25) is 0 Å². The topological polar surface area (TPSA) is 58.6 Å². The first-order valence-electron chi connectivity index (χ1n) is 9.94. The molecule has 2 fully saturated rings. The monoisotopic (exact) mass is 380 g/mol. The molecular weight excluding hydrogens is 348 g/mol. The number of ether oxygens (including phenoxy) is 1. The van der Waals surface area contributed by atoms with Gasteiger partial charge in [0.15, 0.2) is 0 Å². The highest BCUT2D eigenvalue weighted by Crippen LogP contribution is 2.29.